The Morgan fingerprint density at radius 2 is 1.52 bits per heavy atom. The van der Waals surface area contributed by atoms with E-state index in [-0.39, 0.29) is 5.91 Å². The average Bonchev–Trinajstić information content (AvgIpc) is 2.43. The molecule has 2 aromatic carbocycles. The molecule has 4 heteroatoms. The second kappa shape index (κ2) is 6.22. The van der Waals surface area contributed by atoms with Crippen molar-refractivity contribution in [2.45, 2.75) is 20.8 Å². The van der Waals surface area contributed by atoms with E-state index in [1.807, 2.05) is 32.0 Å². The molecule has 0 radical (unpaired) electrons. The number of aryl methyl sites for hydroxylation is 2. The Morgan fingerprint density at radius 3 is 2.05 bits per heavy atom. The summed E-state index contributed by atoms with van der Waals surface area (Å²) in [5.41, 5.74) is 2.91. The van der Waals surface area contributed by atoms with Crippen LogP contribution in [-0.4, -0.2) is 11.9 Å². The van der Waals surface area contributed by atoms with Gasteiger partial charge in [-0.05, 0) is 49.2 Å². The predicted octanol–water partition coefficient (Wildman–Crippen LogP) is 3.48. The summed E-state index contributed by atoms with van der Waals surface area (Å²) in [5, 5.41) is 2.65. The number of para-hydroxylation sites is 1. The van der Waals surface area contributed by atoms with Gasteiger partial charge in [0.25, 0.3) is 0 Å². The molecule has 0 atom stereocenters. The van der Waals surface area contributed by atoms with Crippen LogP contribution in [0.5, 0.6) is 5.75 Å². The fourth-order valence-corrected chi connectivity index (χ4v) is 2.00. The molecule has 0 heterocycles. The van der Waals surface area contributed by atoms with Gasteiger partial charge in [0.2, 0.25) is 5.91 Å². The van der Waals surface area contributed by atoms with E-state index in [1.54, 1.807) is 24.3 Å². The number of carbonyl (C=O) groups is 2. The highest BCUT2D eigenvalue weighted by Gasteiger charge is 2.12. The second-order valence-electron chi connectivity index (χ2n) is 4.87. The number of hydrogen-bond donors (Lipinski definition) is 1. The van der Waals surface area contributed by atoms with E-state index >= 15 is 0 Å². The van der Waals surface area contributed by atoms with Crippen molar-refractivity contribution in [3.05, 3.63) is 59.2 Å². The van der Waals surface area contributed by atoms with Gasteiger partial charge in [-0.2, -0.15) is 0 Å². The fourth-order valence-electron chi connectivity index (χ4n) is 2.00. The van der Waals surface area contributed by atoms with Crippen molar-refractivity contribution in [2.75, 3.05) is 5.32 Å². The first kappa shape index (κ1) is 14.8. The highest BCUT2D eigenvalue weighted by Crippen LogP contribution is 2.23. The van der Waals surface area contributed by atoms with Gasteiger partial charge in [-0.25, -0.2) is 4.79 Å². The number of hydrogen-bond acceptors (Lipinski definition) is 3. The summed E-state index contributed by atoms with van der Waals surface area (Å²) in [4.78, 5) is 23.1. The quantitative estimate of drug-likeness (QED) is 0.693. The van der Waals surface area contributed by atoms with Crippen molar-refractivity contribution in [2.24, 2.45) is 0 Å². The van der Waals surface area contributed by atoms with Gasteiger partial charge in [-0.3, -0.25) is 4.79 Å². The molecular formula is C17H17NO3. The van der Waals surface area contributed by atoms with E-state index in [0.717, 1.165) is 11.1 Å². The van der Waals surface area contributed by atoms with Gasteiger partial charge in [-0.1, -0.05) is 18.2 Å². The van der Waals surface area contributed by atoms with Crippen molar-refractivity contribution in [1.82, 2.24) is 0 Å². The minimum atomic E-state index is -0.415. The lowest BCUT2D eigenvalue weighted by Crippen LogP contribution is -2.11. The molecule has 2 aromatic rings. The van der Waals surface area contributed by atoms with Gasteiger partial charge >= 0.3 is 5.97 Å². The number of rotatable bonds is 3. The normalized spacial score (nSPS) is 10.0. The molecular weight excluding hydrogens is 266 g/mol. The molecule has 21 heavy (non-hydrogen) atoms. The SMILES string of the molecule is CC(=O)Nc1ccc(C(=O)Oc2c(C)cccc2C)cc1. The van der Waals surface area contributed by atoms with Gasteiger partial charge in [0.05, 0.1) is 5.56 Å². The standard InChI is InChI=1S/C17H17NO3/c1-11-5-4-6-12(2)16(11)21-17(20)14-7-9-15(10-8-14)18-13(3)19/h4-10H,1-3H3,(H,18,19). The van der Waals surface area contributed by atoms with E-state index in [9.17, 15) is 9.59 Å². The van der Waals surface area contributed by atoms with Crippen molar-refractivity contribution in [1.29, 1.82) is 0 Å². The average molecular weight is 283 g/mol. The molecule has 0 bridgehead atoms. The Morgan fingerprint density at radius 1 is 0.952 bits per heavy atom. The van der Waals surface area contributed by atoms with Crippen molar-refractivity contribution >= 4 is 17.6 Å². The third-order valence-electron chi connectivity index (χ3n) is 3.04. The smallest absolute Gasteiger partial charge is 0.343 e. The second-order valence-corrected chi connectivity index (χ2v) is 4.87. The molecule has 0 aliphatic rings. The van der Waals surface area contributed by atoms with Gasteiger partial charge in [0.1, 0.15) is 5.75 Å². The van der Waals surface area contributed by atoms with Crippen LogP contribution in [0.1, 0.15) is 28.4 Å². The molecule has 108 valence electrons. The Labute approximate surface area is 123 Å². The largest absolute Gasteiger partial charge is 0.422 e. The topological polar surface area (TPSA) is 55.4 Å². The third kappa shape index (κ3) is 3.69. The Kier molecular flexibility index (Phi) is 4.38. The van der Waals surface area contributed by atoms with Crippen LogP contribution in [0.2, 0.25) is 0 Å². The van der Waals surface area contributed by atoms with Crippen LogP contribution in [0.4, 0.5) is 5.69 Å². The first-order chi connectivity index (χ1) is 9.97. The van der Waals surface area contributed by atoms with E-state index < -0.39 is 5.97 Å². The maximum Gasteiger partial charge on any atom is 0.343 e. The summed E-state index contributed by atoms with van der Waals surface area (Å²) >= 11 is 0. The maximum absolute atomic E-state index is 12.1. The zero-order valence-corrected chi connectivity index (χ0v) is 12.3. The summed E-state index contributed by atoms with van der Waals surface area (Å²) < 4.78 is 5.46. The summed E-state index contributed by atoms with van der Waals surface area (Å²) in [6.07, 6.45) is 0. The minimum absolute atomic E-state index is 0.152. The van der Waals surface area contributed by atoms with E-state index in [1.165, 1.54) is 6.92 Å². The van der Waals surface area contributed by atoms with E-state index in [4.69, 9.17) is 4.74 Å². The van der Waals surface area contributed by atoms with Crippen LogP contribution in [0.3, 0.4) is 0 Å². The first-order valence-corrected chi connectivity index (χ1v) is 6.63. The molecule has 0 aliphatic carbocycles. The fraction of sp³-hybridized carbons (Fsp3) is 0.176. The number of anilines is 1. The molecule has 0 fully saturated rings. The molecule has 4 nitrogen and oxygen atoms in total. The van der Waals surface area contributed by atoms with Crippen LogP contribution in [-0.2, 0) is 4.79 Å². The highest BCUT2D eigenvalue weighted by atomic mass is 16.5. The number of amides is 1. The zero-order chi connectivity index (χ0) is 15.4. The summed E-state index contributed by atoms with van der Waals surface area (Å²) in [5.74, 6) is 0.0241. The molecule has 0 saturated heterocycles. The van der Waals surface area contributed by atoms with Crippen molar-refractivity contribution < 1.29 is 14.3 Å². The highest BCUT2D eigenvalue weighted by molar-refractivity contribution is 5.93. The van der Waals surface area contributed by atoms with Gasteiger partial charge in [-0.15, -0.1) is 0 Å². The molecule has 1 N–H and O–H groups in total. The summed E-state index contributed by atoms with van der Waals surface area (Å²) in [6, 6.07) is 12.3. The molecule has 1 amide bonds. The zero-order valence-electron chi connectivity index (χ0n) is 12.3. The van der Waals surface area contributed by atoms with Crippen LogP contribution in [0.25, 0.3) is 0 Å². The number of esters is 1. The first-order valence-electron chi connectivity index (χ1n) is 6.63. The summed E-state index contributed by atoms with van der Waals surface area (Å²) in [6.45, 7) is 5.23. The Balaban J connectivity index is 2.15. The molecule has 0 aromatic heterocycles. The number of ether oxygens (including phenoxy) is 1. The molecule has 0 spiro atoms. The Bertz CT molecular complexity index is 655. The van der Waals surface area contributed by atoms with Gasteiger partial charge in [0.15, 0.2) is 0 Å². The lowest BCUT2D eigenvalue weighted by atomic mass is 10.1. The molecule has 0 aliphatic heterocycles. The van der Waals surface area contributed by atoms with Gasteiger partial charge < -0.3 is 10.1 Å². The van der Waals surface area contributed by atoms with E-state index in [2.05, 4.69) is 5.32 Å². The number of benzene rings is 2. The maximum atomic E-state index is 12.1. The Hall–Kier alpha value is -2.62. The van der Waals surface area contributed by atoms with Crippen LogP contribution >= 0.6 is 0 Å². The monoisotopic (exact) mass is 283 g/mol. The molecule has 0 saturated carbocycles. The molecule has 2 rings (SSSR count). The molecule has 0 unspecified atom stereocenters. The van der Waals surface area contributed by atoms with Crippen LogP contribution in [0, 0.1) is 13.8 Å². The van der Waals surface area contributed by atoms with Gasteiger partial charge in [0, 0.05) is 12.6 Å². The van der Waals surface area contributed by atoms with E-state index in [0.29, 0.717) is 17.0 Å². The minimum Gasteiger partial charge on any atom is -0.422 e. The summed E-state index contributed by atoms with van der Waals surface area (Å²) in [7, 11) is 0. The van der Waals surface area contributed by atoms with Crippen LogP contribution in [0.15, 0.2) is 42.5 Å². The predicted molar refractivity (Wildman–Crippen MR) is 81.6 cm³/mol. The van der Waals surface area contributed by atoms with Crippen LogP contribution < -0.4 is 10.1 Å². The number of nitrogens with one attached hydrogen (secondary N) is 1. The lowest BCUT2D eigenvalue weighted by Gasteiger charge is -2.10. The lowest BCUT2D eigenvalue weighted by molar-refractivity contribution is -0.114. The van der Waals surface area contributed by atoms with Crippen molar-refractivity contribution in [3.8, 4) is 5.75 Å². The third-order valence-corrected chi connectivity index (χ3v) is 3.04. The number of carbonyl (C=O) groups excluding carboxylic acids is 2. The van der Waals surface area contributed by atoms with Crippen molar-refractivity contribution in [3.63, 3.8) is 0 Å².